The van der Waals surface area contributed by atoms with Crippen LogP contribution in [0.25, 0.3) is 0 Å². The van der Waals surface area contributed by atoms with E-state index in [2.05, 4.69) is 4.90 Å². The van der Waals surface area contributed by atoms with Crippen LogP contribution in [0.15, 0.2) is 30.3 Å². The van der Waals surface area contributed by atoms with Gasteiger partial charge in [-0.15, -0.1) is 0 Å². The molecule has 5 nitrogen and oxygen atoms in total. The molecule has 2 aliphatic heterocycles. The van der Waals surface area contributed by atoms with Gasteiger partial charge in [0.05, 0.1) is 12.0 Å². The van der Waals surface area contributed by atoms with Gasteiger partial charge < -0.3 is 14.7 Å². The van der Waals surface area contributed by atoms with Crippen LogP contribution in [0.4, 0.5) is 5.69 Å². The lowest BCUT2D eigenvalue weighted by Gasteiger charge is -2.39. The Morgan fingerprint density at radius 2 is 1.96 bits per heavy atom. The Morgan fingerprint density at radius 3 is 2.69 bits per heavy atom. The van der Waals surface area contributed by atoms with Crippen molar-refractivity contribution in [3.63, 3.8) is 0 Å². The van der Waals surface area contributed by atoms with E-state index >= 15 is 0 Å². The van der Waals surface area contributed by atoms with Crippen LogP contribution in [0, 0.1) is 11.3 Å². The highest BCUT2D eigenvalue weighted by Gasteiger charge is 2.49. The number of benzene rings is 1. The average Bonchev–Trinajstić information content (AvgIpc) is 3.37. The van der Waals surface area contributed by atoms with E-state index in [0.717, 1.165) is 44.0 Å². The molecule has 1 aliphatic carbocycles. The van der Waals surface area contributed by atoms with Gasteiger partial charge in [0, 0.05) is 38.9 Å². The Morgan fingerprint density at radius 1 is 1.19 bits per heavy atom. The molecule has 2 saturated heterocycles. The number of carbonyl (C=O) groups excluding carboxylic acids is 2. The number of likely N-dealkylation sites (tertiary alicyclic amines) is 2. The molecular weight excluding hydrogens is 326 g/mol. The standard InChI is InChI=1S/C21H29N3O2/c1-22(18-6-3-2-4-7-18)15-19(25)24-13-11-21(16-24)10-5-12-23(20(21)26)14-17-8-9-17/h2-4,6-7,17H,5,8-16H2,1H3/t21-/m0/s1. The summed E-state index contributed by atoms with van der Waals surface area (Å²) in [5.74, 6) is 1.16. The van der Waals surface area contributed by atoms with Crippen LogP contribution in [-0.4, -0.2) is 61.4 Å². The van der Waals surface area contributed by atoms with Crippen LogP contribution in [-0.2, 0) is 9.59 Å². The normalized spacial score (nSPS) is 25.8. The Labute approximate surface area is 155 Å². The van der Waals surface area contributed by atoms with Gasteiger partial charge in [-0.05, 0) is 50.2 Å². The summed E-state index contributed by atoms with van der Waals surface area (Å²) in [6, 6.07) is 9.97. The first-order valence-electron chi connectivity index (χ1n) is 9.91. The van der Waals surface area contributed by atoms with Crippen molar-refractivity contribution in [3.8, 4) is 0 Å². The third-order valence-electron chi connectivity index (χ3n) is 6.28. The molecule has 3 fully saturated rings. The lowest BCUT2D eigenvalue weighted by atomic mass is 9.78. The number of nitrogens with zero attached hydrogens (tertiary/aromatic N) is 3. The third-order valence-corrected chi connectivity index (χ3v) is 6.28. The number of hydrogen-bond acceptors (Lipinski definition) is 3. The third kappa shape index (κ3) is 3.44. The molecule has 1 spiro atoms. The van der Waals surface area contributed by atoms with Gasteiger partial charge in [0.25, 0.3) is 0 Å². The molecule has 5 heteroatoms. The van der Waals surface area contributed by atoms with E-state index in [1.54, 1.807) is 0 Å². The molecule has 0 radical (unpaired) electrons. The number of anilines is 1. The van der Waals surface area contributed by atoms with Crippen molar-refractivity contribution in [2.45, 2.75) is 32.1 Å². The molecule has 1 aromatic rings. The fraction of sp³-hybridized carbons (Fsp3) is 0.619. The zero-order valence-electron chi connectivity index (χ0n) is 15.7. The SMILES string of the molecule is CN(CC(=O)N1CC[C@@]2(CCCN(CC3CC3)C2=O)C1)c1ccccc1. The molecule has 1 saturated carbocycles. The van der Waals surface area contributed by atoms with Crippen molar-refractivity contribution in [1.82, 2.24) is 9.80 Å². The van der Waals surface area contributed by atoms with Crippen molar-refractivity contribution in [1.29, 1.82) is 0 Å². The number of hydrogen-bond donors (Lipinski definition) is 0. The molecule has 140 valence electrons. The van der Waals surface area contributed by atoms with Crippen LogP contribution in [0.5, 0.6) is 0 Å². The zero-order valence-corrected chi connectivity index (χ0v) is 15.7. The Balaban J connectivity index is 1.37. The molecule has 2 heterocycles. The van der Waals surface area contributed by atoms with E-state index in [9.17, 15) is 9.59 Å². The first kappa shape index (κ1) is 17.4. The monoisotopic (exact) mass is 355 g/mol. The lowest BCUT2D eigenvalue weighted by molar-refractivity contribution is -0.146. The maximum Gasteiger partial charge on any atom is 0.242 e. The van der Waals surface area contributed by atoms with Crippen LogP contribution in [0.2, 0.25) is 0 Å². The Kier molecular flexibility index (Phi) is 4.63. The summed E-state index contributed by atoms with van der Waals surface area (Å²) in [5, 5.41) is 0. The minimum atomic E-state index is -0.311. The molecule has 4 rings (SSSR count). The molecule has 0 aromatic heterocycles. The van der Waals surface area contributed by atoms with Gasteiger partial charge in [0.2, 0.25) is 11.8 Å². The van der Waals surface area contributed by atoms with E-state index in [4.69, 9.17) is 0 Å². The van der Waals surface area contributed by atoms with Crippen molar-refractivity contribution in [2.24, 2.45) is 11.3 Å². The molecule has 26 heavy (non-hydrogen) atoms. The zero-order chi connectivity index (χ0) is 18.1. The second-order valence-electron chi connectivity index (χ2n) is 8.34. The largest absolute Gasteiger partial charge is 0.365 e. The summed E-state index contributed by atoms with van der Waals surface area (Å²) >= 11 is 0. The summed E-state index contributed by atoms with van der Waals surface area (Å²) in [6.45, 7) is 3.52. The van der Waals surface area contributed by atoms with Gasteiger partial charge >= 0.3 is 0 Å². The van der Waals surface area contributed by atoms with Gasteiger partial charge in [0.1, 0.15) is 0 Å². The second-order valence-corrected chi connectivity index (χ2v) is 8.34. The summed E-state index contributed by atoms with van der Waals surface area (Å²) < 4.78 is 0. The van der Waals surface area contributed by atoms with E-state index in [1.165, 1.54) is 12.8 Å². The highest BCUT2D eigenvalue weighted by Crippen LogP contribution is 2.41. The molecule has 3 aliphatic rings. The maximum absolute atomic E-state index is 13.1. The fourth-order valence-electron chi connectivity index (χ4n) is 4.48. The Hall–Kier alpha value is -2.04. The van der Waals surface area contributed by atoms with E-state index in [-0.39, 0.29) is 11.3 Å². The minimum absolute atomic E-state index is 0.125. The predicted octanol–water partition coefficient (Wildman–Crippen LogP) is 2.37. The quantitative estimate of drug-likeness (QED) is 0.814. The lowest BCUT2D eigenvalue weighted by Crippen LogP contribution is -2.51. The first-order valence-corrected chi connectivity index (χ1v) is 9.91. The van der Waals surface area contributed by atoms with Gasteiger partial charge in [-0.1, -0.05) is 18.2 Å². The fourth-order valence-corrected chi connectivity index (χ4v) is 4.48. The summed E-state index contributed by atoms with van der Waals surface area (Å²) in [5.41, 5.74) is 0.729. The van der Waals surface area contributed by atoms with E-state index in [0.29, 0.717) is 25.5 Å². The van der Waals surface area contributed by atoms with E-state index < -0.39 is 0 Å². The van der Waals surface area contributed by atoms with Crippen LogP contribution < -0.4 is 4.90 Å². The number of amides is 2. The minimum Gasteiger partial charge on any atom is -0.365 e. The summed E-state index contributed by atoms with van der Waals surface area (Å²) in [4.78, 5) is 31.9. The molecular formula is C21H29N3O2. The number of rotatable bonds is 5. The smallest absolute Gasteiger partial charge is 0.242 e. The van der Waals surface area contributed by atoms with Crippen molar-refractivity contribution >= 4 is 17.5 Å². The number of para-hydroxylation sites is 1. The van der Waals surface area contributed by atoms with Crippen LogP contribution in [0.1, 0.15) is 32.1 Å². The van der Waals surface area contributed by atoms with Crippen LogP contribution in [0.3, 0.4) is 0 Å². The average molecular weight is 355 g/mol. The van der Waals surface area contributed by atoms with Gasteiger partial charge in [0.15, 0.2) is 0 Å². The molecule has 1 atom stereocenters. The molecule has 0 unspecified atom stereocenters. The number of piperidine rings is 1. The predicted molar refractivity (Wildman–Crippen MR) is 102 cm³/mol. The van der Waals surface area contributed by atoms with Crippen molar-refractivity contribution in [3.05, 3.63) is 30.3 Å². The maximum atomic E-state index is 13.1. The Bertz CT molecular complexity index is 673. The molecule has 0 N–H and O–H groups in total. The van der Waals surface area contributed by atoms with Gasteiger partial charge in [-0.2, -0.15) is 0 Å². The topological polar surface area (TPSA) is 43.9 Å². The summed E-state index contributed by atoms with van der Waals surface area (Å²) in [6.07, 6.45) is 5.38. The highest BCUT2D eigenvalue weighted by atomic mass is 16.2. The van der Waals surface area contributed by atoms with Gasteiger partial charge in [-0.3, -0.25) is 9.59 Å². The molecule has 2 amide bonds. The van der Waals surface area contributed by atoms with Crippen molar-refractivity contribution < 1.29 is 9.59 Å². The highest BCUT2D eigenvalue weighted by molar-refractivity contribution is 5.87. The van der Waals surface area contributed by atoms with Gasteiger partial charge in [-0.25, -0.2) is 0 Å². The molecule has 1 aromatic carbocycles. The van der Waals surface area contributed by atoms with Crippen molar-refractivity contribution in [2.75, 3.05) is 44.7 Å². The summed E-state index contributed by atoms with van der Waals surface area (Å²) in [7, 11) is 1.95. The number of carbonyl (C=O) groups is 2. The van der Waals surface area contributed by atoms with E-state index in [1.807, 2.05) is 47.2 Å². The second kappa shape index (κ2) is 6.93. The number of likely N-dealkylation sites (N-methyl/N-ethyl adjacent to an activating group) is 1. The first-order chi connectivity index (χ1) is 12.6. The molecule has 0 bridgehead atoms. The van der Waals surface area contributed by atoms with Crippen LogP contribution >= 0.6 is 0 Å².